The molecule has 2 saturated carbocycles. The van der Waals surface area contributed by atoms with Crippen LogP contribution in [0, 0.1) is 5.41 Å². The Bertz CT molecular complexity index is 460. The van der Waals surface area contributed by atoms with Gasteiger partial charge in [-0.2, -0.15) is 0 Å². The monoisotopic (exact) mass is 303 g/mol. The smallest absolute Gasteiger partial charge is 0.151 e. The molecule has 1 N–H and O–H groups in total. The molecule has 0 unspecified atom stereocenters. The molecule has 2 rings (SSSR count). The van der Waals surface area contributed by atoms with Crippen molar-refractivity contribution in [3.8, 4) is 0 Å². The molecule has 20 heavy (non-hydrogen) atoms. The summed E-state index contributed by atoms with van der Waals surface area (Å²) in [7, 11) is -1.21. The fraction of sp³-hybridized carbons (Fsp3) is 1.00. The molecule has 0 aromatic rings. The van der Waals surface area contributed by atoms with Crippen molar-refractivity contribution in [2.75, 3.05) is 13.4 Å². The summed E-state index contributed by atoms with van der Waals surface area (Å²) in [6.07, 6.45) is 6.24. The van der Waals surface area contributed by atoms with Crippen LogP contribution in [-0.4, -0.2) is 44.7 Å². The van der Waals surface area contributed by atoms with Crippen molar-refractivity contribution >= 4 is 9.84 Å². The first kappa shape index (κ1) is 16.2. The van der Waals surface area contributed by atoms with Crippen LogP contribution in [0.4, 0.5) is 0 Å². The molecule has 0 amide bonds. The minimum Gasteiger partial charge on any atom is -0.378 e. The molecular weight excluding hydrogens is 274 g/mol. The van der Waals surface area contributed by atoms with Gasteiger partial charge in [-0.3, -0.25) is 0 Å². The highest BCUT2D eigenvalue weighted by molar-refractivity contribution is 7.91. The average Bonchev–Trinajstić information content (AvgIpc) is 2.37. The Balaban J connectivity index is 2.07. The fourth-order valence-electron chi connectivity index (χ4n) is 3.82. The van der Waals surface area contributed by atoms with Gasteiger partial charge in [0.1, 0.15) is 0 Å². The van der Waals surface area contributed by atoms with Crippen LogP contribution in [0.3, 0.4) is 0 Å². The van der Waals surface area contributed by atoms with Crippen LogP contribution in [0.2, 0.25) is 0 Å². The van der Waals surface area contributed by atoms with Gasteiger partial charge in [0.15, 0.2) is 9.84 Å². The van der Waals surface area contributed by atoms with E-state index in [0.29, 0.717) is 6.04 Å². The summed E-state index contributed by atoms with van der Waals surface area (Å²) >= 11 is 0. The number of nitrogens with one attached hydrogen (secondary N) is 1. The van der Waals surface area contributed by atoms with Crippen molar-refractivity contribution < 1.29 is 13.2 Å². The van der Waals surface area contributed by atoms with E-state index < -0.39 is 9.84 Å². The first-order valence-electron chi connectivity index (χ1n) is 7.62. The summed E-state index contributed by atoms with van der Waals surface area (Å²) < 4.78 is 29.6. The molecule has 5 heteroatoms. The van der Waals surface area contributed by atoms with Crippen molar-refractivity contribution in [3.05, 3.63) is 0 Å². The molecule has 2 aliphatic rings. The summed E-state index contributed by atoms with van der Waals surface area (Å²) in [5.74, 6) is 0. The van der Waals surface area contributed by atoms with Gasteiger partial charge in [-0.25, -0.2) is 8.42 Å². The fourth-order valence-corrected chi connectivity index (χ4v) is 5.22. The highest BCUT2D eigenvalue weighted by Crippen LogP contribution is 2.51. The van der Waals surface area contributed by atoms with E-state index in [0.717, 1.165) is 32.1 Å². The second-order valence-electron chi connectivity index (χ2n) is 7.34. The average molecular weight is 303 g/mol. The molecule has 4 nitrogen and oxygen atoms in total. The number of sulfone groups is 1. The molecule has 0 heterocycles. The van der Waals surface area contributed by atoms with Gasteiger partial charge in [0.2, 0.25) is 0 Å². The van der Waals surface area contributed by atoms with Crippen LogP contribution in [0.15, 0.2) is 0 Å². The summed E-state index contributed by atoms with van der Waals surface area (Å²) in [4.78, 5) is 0. The molecule has 2 fully saturated rings. The van der Waals surface area contributed by atoms with E-state index in [-0.39, 0.29) is 22.3 Å². The zero-order valence-electron chi connectivity index (χ0n) is 13.4. The quantitative estimate of drug-likeness (QED) is 0.864. The van der Waals surface area contributed by atoms with Crippen molar-refractivity contribution in [2.24, 2.45) is 5.41 Å². The van der Waals surface area contributed by atoms with Crippen LogP contribution in [0.1, 0.15) is 52.9 Å². The summed E-state index contributed by atoms with van der Waals surface area (Å²) in [6, 6.07) is 0.434. The van der Waals surface area contributed by atoms with Gasteiger partial charge in [-0.1, -0.05) is 26.7 Å². The molecule has 2 aliphatic carbocycles. The van der Waals surface area contributed by atoms with Gasteiger partial charge in [0, 0.05) is 30.9 Å². The van der Waals surface area contributed by atoms with E-state index in [1.165, 1.54) is 6.26 Å². The third-order valence-corrected chi connectivity index (χ3v) is 7.61. The lowest BCUT2D eigenvalue weighted by molar-refractivity contribution is -0.182. The second-order valence-corrected chi connectivity index (χ2v) is 9.60. The Labute approximate surface area is 123 Å². The minimum absolute atomic E-state index is 0.0290. The first-order valence-corrected chi connectivity index (χ1v) is 9.57. The molecule has 0 bridgehead atoms. The van der Waals surface area contributed by atoms with E-state index in [4.69, 9.17) is 4.74 Å². The Morgan fingerprint density at radius 1 is 1.15 bits per heavy atom. The molecule has 0 radical (unpaired) electrons. The van der Waals surface area contributed by atoms with E-state index in [9.17, 15) is 8.42 Å². The Morgan fingerprint density at radius 3 is 2.25 bits per heavy atom. The van der Waals surface area contributed by atoms with Gasteiger partial charge < -0.3 is 10.1 Å². The third kappa shape index (κ3) is 2.64. The van der Waals surface area contributed by atoms with Gasteiger partial charge in [-0.15, -0.1) is 0 Å². The van der Waals surface area contributed by atoms with E-state index >= 15 is 0 Å². The molecule has 0 aromatic carbocycles. The molecular formula is C15H29NO3S. The molecule has 0 aliphatic heterocycles. The van der Waals surface area contributed by atoms with Gasteiger partial charge in [0.05, 0.1) is 10.9 Å². The van der Waals surface area contributed by atoms with Gasteiger partial charge in [0.25, 0.3) is 0 Å². The number of rotatable bonds is 4. The van der Waals surface area contributed by atoms with E-state index in [1.54, 1.807) is 7.11 Å². The maximum Gasteiger partial charge on any atom is 0.151 e. The van der Waals surface area contributed by atoms with Crippen LogP contribution >= 0.6 is 0 Å². The minimum atomic E-state index is -2.97. The standard InChI is InChI=1S/C15H29NO3S/c1-14(2)13(10-15(14,3)19-4)16-11-8-6-7-9-12(11)20(5,17)18/h11-13,16H,6-10H2,1-5H3/t11-,12-,13-,15+/m0/s1. The lowest BCUT2D eigenvalue weighted by atomic mass is 9.55. The molecule has 0 saturated heterocycles. The highest BCUT2D eigenvalue weighted by Gasteiger charge is 2.58. The normalized spacial score (nSPS) is 41.1. The summed E-state index contributed by atoms with van der Waals surface area (Å²) in [6.45, 7) is 6.55. The Kier molecular flexibility index (Phi) is 4.27. The van der Waals surface area contributed by atoms with Crippen LogP contribution in [0.25, 0.3) is 0 Å². The zero-order chi connectivity index (χ0) is 15.2. The Hall–Kier alpha value is -0.130. The lowest BCUT2D eigenvalue weighted by Crippen LogP contribution is -2.70. The topological polar surface area (TPSA) is 55.4 Å². The van der Waals surface area contributed by atoms with Crippen LogP contribution in [-0.2, 0) is 14.6 Å². The molecule has 118 valence electrons. The van der Waals surface area contributed by atoms with Crippen molar-refractivity contribution in [1.82, 2.24) is 5.32 Å². The number of hydrogen-bond acceptors (Lipinski definition) is 4. The van der Waals surface area contributed by atoms with Crippen LogP contribution in [0.5, 0.6) is 0 Å². The summed E-state index contributed by atoms with van der Waals surface area (Å²) in [5.41, 5.74) is -0.0822. The largest absolute Gasteiger partial charge is 0.378 e. The van der Waals surface area contributed by atoms with Gasteiger partial charge in [-0.05, 0) is 26.2 Å². The third-order valence-electron chi connectivity index (χ3n) is 5.95. The zero-order valence-corrected chi connectivity index (χ0v) is 14.2. The maximum atomic E-state index is 12.0. The van der Waals surface area contributed by atoms with Crippen LogP contribution < -0.4 is 5.32 Å². The SMILES string of the molecule is CO[C@]1(C)C[C@H](N[C@H]2CCCC[C@@H]2S(C)(=O)=O)C1(C)C. The number of methoxy groups -OCH3 is 1. The maximum absolute atomic E-state index is 12.0. The molecule has 0 spiro atoms. The van der Waals surface area contributed by atoms with Gasteiger partial charge >= 0.3 is 0 Å². The predicted octanol–water partition coefficient (Wildman–Crippen LogP) is 2.14. The highest BCUT2D eigenvalue weighted by atomic mass is 32.2. The Morgan fingerprint density at radius 2 is 1.75 bits per heavy atom. The lowest BCUT2D eigenvalue weighted by Gasteiger charge is -2.60. The molecule has 0 aromatic heterocycles. The second kappa shape index (κ2) is 5.25. The van der Waals surface area contributed by atoms with Crippen molar-refractivity contribution in [1.29, 1.82) is 0 Å². The van der Waals surface area contributed by atoms with Crippen molar-refractivity contribution in [3.63, 3.8) is 0 Å². The van der Waals surface area contributed by atoms with E-state index in [2.05, 4.69) is 26.1 Å². The summed E-state index contributed by atoms with van der Waals surface area (Å²) in [5, 5.41) is 3.41. The first-order chi connectivity index (χ1) is 9.12. The number of hydrogen-bond donors (Lipinski definition) is 1. The number of ether oxygens (including phenoxy) is 1. The van der Waals surface area contributed by atoms with E-state index in [1.807, 2.05) is 0 Å². The predicted molar refractivity (Wildman–Crippen MR) is 81.6 cm³/mol. The molecule has 4 atom stereocenters. The van der Waals surface area contributed by atoms with Crippen molar-refractivity contribution in [2.45, 2.75) is 75.8 Å².